The van der Waals surface area contributed by atoms with E-state index in [4.69, 9.17) is 4.98 Å². The zero-order valence-corrected chi connectivity index (χ0v) is 13.2. The zero-order chi connectivity index (χ0) is 15.2. The van der Waals surface area contributed by atoms with Gasteiger partial charge in [0.1, 0.15) is 0 Å². The molecule has 0 unspecified atom stereocenters. The summed E-state index contributed by atoms with van der Waals surface area (Å²) in [6.45, 7) is 8.99. The molecule has 0 amide bonds. The largest absolute Gasteiger partial charge is 0.329 e. The Hall–Kier alpha value is -1.90. The molecule has 2 aromatic heterocycles. The molecular weight excluding hydrogens is 260 g/mol. The second kappa shape index (κ2) is 4.83. The first-order valence-corrected chi connectivity index (χ1v) is 7.61. The van der Waals surface area contributed by atoms with Crippen LogP contribution < -0.4 is 5.56 Å². The van der Waals surface area contributed by atoms with Crippen molar-refractivity contribution in [3.63, 3.8) is 0 Å². The Morgan fingerprint density at radius 1 is 1.33 bits per heavy atom. The third-order valence-electron chi connectivity index (χ3n) is 4.58. The lowest BCUT2D eigenvalue weighted by molar-refractivity contribution is 0.521. The van der Waals surface area contributed by atoms with E-state index in [9.17, 15) is 4.79 Å². The van der Waals surface area contributed by atoms with Crippen molar-refractivity contribution >= 4 is 0 Å². The third-order valence-corrected chi connectivity index (χ3v) is 4.58. The van der Waals surface area contributed by atoms with Gasteiger partial charge in [-0.1, -0.05) is 27.7 Å². The summed E-state index contributed by atoms with van der Waals surface area (Å²) in [4.78, 5) is 19.0. The normalized spacial score (nSPS) is 16.2. The van der Waals surface area contributed by atoms with Crippen LogP contribution in [-0.2, 0) is 11.8 Å². The lowest BCUT2D eigenvalue weighted by Gasteiger charge is -2.21. The van der Waals surface area contributed by atoms with Crippen LogP contribution in [0.15, 0.2) is 29.3 Å². The van der Waals surface area contributed by atoms with Crippen molar-refractivity contribution < 1.29 is 0 Å². The van der Waals surface area contributed by atoms with E-state index in [2.05, 4.69) is 32.7 Å². The van der Waals surface area contributed by atoms with Gasteiger partial charge in [-0.15, -0.1) is 0 Å². The van der Waals surface area contributed by atoms with Gasteiger partial charge in [-0.3, -0.25) is 9.78 Å². The summed E-state index contributed by atoms with van der Waals surface area (Å²) in [5.74, 6) is 0.399. The molecule has 0 spiro atoms. The maximum atomic E-state index is 11.6. The predicted molar refractivity (Wildman–Crippen MR) is 85.7 cm³/mol. The molecule has 0 atom stereocenters. The van der Waals surface area contributed by atoms with Crippen molar-refractivity contribution in [2.75, 3.05) is 0 Å². The van der Waals surface area contributed by atoms with Crippen LogP contribution in [0.2, 0.25) is 0 Å². The van der Waals surface area contributed by atoms with Crippen LogP contribution in [0.1, 0.15) is 56.7 Å². The maximum absolute atomic E-state index is 11.6. The Kier molecular flexibility index (Phi) is 3.23. The number of aromatic amines is 1. The van der Waals surface area contributed by atoms with Crippen molar-refractivity contribution in [3.8, 4) is 11.3 Å². The van der Waals surface area contributed by atoms with Crippen LogP contribution in [0, 0.1) is 0 Å². The molecule has 1 N–H and O–H groups in total. The van der Waals surface area contributed by atoms with E-state index in [1.54, 1.807) is 12.3 Å². The minimum Gasteiger partial charge on any atom is -0.329 e. The molecule has 0 radical (unpaired) electrons. The van der Waals surface area contributed by atoms with E-state index in [1.165, 1.54) is 23.1 Å². The number of aromatic nitrogens is 2. The number of hydrogen-bond donors (Lipinski definition) is 1. The van der Waals surface area contributed by atoms with E-state index in [-0.39, 0.29) is 11.0 Å². The van der Waals surface area contributed by atoms with E-state index in [1.807, 2.05) is 12.3 Å². The quantitative estimate of drug-likeness (QED) is 0.911. The van der Waals surface area contributed by atoms with E-state index in [0.717, 1.165) is 17.7 Å². The van der Waals surface area contributed by atoms with Crippen LogP contribution in [0.3, 0.4) is 0 Å². The highest BCUT2D eigenvalue weighted by atomic mass is 16.1. The summed E-state index contributed by atoms with van der Waals surface area (Å²) in [5.41, 5.74) is 6.13. The Labute approximate surface area is 125 Å². The predicted octanol–water partition coefficient (Wildman–Crippen LogP) is 3.78. The van der Waals surface area contributed by atoms with Gasteiger partial charge in [-0.05, 0) is 46.9 Å². The van der Waals surface area contributed by atoms with Crippen molar-refractivity contribution in [1.29, 1.82) is 0 Å². The fraction of sp³-hybridized carbons (Fsp3) is 0.444. The van der Waals surface area contributed by atoms with Gasteiger partial charge in [0.2, 0.25) is 5.56 Å². The van der Waals surface area contributed by atoms with Crippen molar-refractivity contribution in [2.24, 2.45) is 0 Å². The average molecular weight is 282 g/mol. The minimum atomic E-state index is -0.0789. The first-order chi connectivity index (χ1) is 9.90. The molecule has 2 aromatic rings. The molecule has 0 aliphatic heterocycles. The molecule has 0 saturated carbocycles. The van der Waals surface area contributed by atoms with Gasteiger partial charge >= 0.3 is 0 Å². The second-order valence-electron chi connectivity index (χ2n) is 6.89. The van der Waals surface area contributed by atoms with Crippen molar-refractivity contribution in [1.82, 2.24) is 9.97 Å². The molecule has 1 aliphatic rings. The number of rotatable bonds is 2. The number of fused-ring (bicyclic) bond motifs is 1. The van der Waals surface area contributed by atoms with Gasteiger partial charge in [-0.2, -0.15) is 0 Å². The molecule has 3 rings (SSSR count). The molecular formula is C18H22N2O. The smallest absolute Gasteiger partial charge is 0.248 e. The Bertz CT molecular complexity index is 741. The van der Waals surface area contributed by atoms with Crippen LogP contribution in [0.4, 0.5) is 0 Å². The van der Waals surface area contributed by atoms with Gasteiger partial charge in [0, 0.05) is 24.0 Å². The molecule has 3 nitrogen and oxygen atoms in total. The standard InChI is InChI=1S/C18H22N2O/c1-11(2)16-13-5-7-18(3,4)14(13)10-20-17(16)12-6-8-19-15(21)9-12/h6,8-11H,5,7H2,1-4H3,(H,19,21). The highest BCUT2D eigenvalue weighted by molar-refractivity contribution is 5.66. The molecule has 0 bridgehead atoms. The Balaban J connectivity index is 2.26. The van der Waals surface area contributed by atoms with Gasteiger partial charge < -0.3 is 4.98 Å². The summed E-state index contributed by atoms with van der Waals surface area (Å²) in [6, 6.07) is 3.57. The molecule has 110 valence electrons. The summed E-state index contributed by atoms with van der Waals surface area (Å²) < 4.78 is 0. The zero-order valence-electron chi connectivity index (χ0n) is 13.2. The first-order valence-electron chi connectivity index (χ1n) is 7.61. The monoisotopic (exact) mass is 282 g/mol. The van der Waals surface area contributed by atoms with Crippen LogP contribution in [-0.4, -0.2) is 9.97 Å². The van der Waals surface area contributed by atoms with Crippen molar-refractivity contribution in [2.45, 2.75) is 51.9 Å². The minimum absolute atomic E-state index is 0.0789. The van der Waals surface area contributed by atoms with Crippen LogP contribution >= 0.6 is 0 Å². The summed E-state index contributed by atoms with van der Waals surface area (Å²) in [5, 5.41) is 0. The lowest BCUT2D eigenvalue weighted by atomic mass is 9.85. The van der Waals surface area contributed by atoms with Gasteiger partial charge in [-0.25, -0.2) is 0 Å². The molecule has 21 heavy (non-hydrogen) atoms. The molecule has 1 aliphatic carbocycles. The van der Waals surface area contributed by atoms with E-state index >= 15 is 0 Å². The maximum Gasteiger partial charge on any atom is 0.248 e. The van der Waals surface area contributed by atoms with Gasteiger partial charge in [0.05, 0.1) is 5.69 Å². The summed E-state index contributed by atoms with van der Waals surface area (Å²) >= 11 is 0. The molecule has 0 fully saturated rings. The number of H-pyrrole nitrogens is 1. The fourth-order valence-corrected chi connectivity index (χ4v) is 3.43. The van der Waals surface area contributed by atoms with Crippen LogP contribution in [0.5, 0.6) is 0 Å². The highest BCUT2D eigenvalue weighted by Gasteiger charge is 2.33. The average Bonchev–Trinajstić information content (AvgIpc) is 2.73. The second-order valence-corrected chi connectivity index (χ2v) is 6.89. The molecule has 0 aromatic carbocycles. The summed E-state index contributed by atoms with van der Waals surface area (Å²) in [7, 11) is 0. The molecule has 3 heteroatoms. The molecule has 2 heterocycles. The van der Waals surface area contributed by atoms with Crippen molar-refractivity contribution in [3.05, 3.63) is 51.6 Å². The number of pyridine rings is 2. The van der Waals surface area contributed by atoms with Crippen LogP contribution in [0.25, 0.3) is 11.3 Å². The Morgan fingerprint density at radius 2 is 2.10 bits per heavy atom. The molecule has 0 saturated heterocycles. The Morgan fingerprint density at radius 3 is 2.76 bits per heavy atom. The summed E-state index contributed by atoms with van der Waals surface area (Å²) in [6.07, 6.45) is 5.99. The third kappa shape index (κ3) is 2.31. The highest BCUT2D eigenvalue weighted by Crippen LogP contribution is 2.43. The first kappa shape index (κ1) is 14.1. The lowest BCUT2D eigenvalue weighted by Crippen LogP contribution is -2.13. The number of nitrogens with one attached hydrogen (secondary N) is 1. The fourth-order valence-electron chi connectivity index (χ4n) is 3.43. The number of hydrogen-bond acceptors (Lipinski definition) is 2. The van der Waals surface area contributed by atoms with Gasteiger partial charge in [0.15, 0.2) is 0 Å². The van der Waals surface area contributed by atoms with E-state index in [0.29, 0.717) is 5.92 Å². The number of nitrogens with zero attached hydrogens (tertiary/aromatic N) is 1. The SMILES string of the molecule is CC(C)c1c(-c2cc[nH]c(=O)c2)ncc2c1CCC2(C)C. The van der Waals surface area contributed by atoms with Gasteiger partial charge in [0.25, 0.3) is 0 Å². The van der Waals surface area contributed by atoms with E-state index < -0.39 is 0 Å². The topological polar surface area (TPSA) is 45.8 Å².